The lowest BCUT2D eigenvalue weighted by molar-refractivity contribution is 0.304. The second-order valence-corrected chi connectivity index (χ2v) is 13.5. The maximum atomic E-state index is 6.07. The Kier molecular flexibility index (Phi) is 17.9. The standard InChI is InChI=1S/C39H57O3S/c1-4-7-10-13-16-31-40-34-19-25-37(26-20-34)43(38-27-21-35(22-28-38)41-32-17-14-11-8-5-2)39-29-23-36(24-30-39)42-33-18-15-12-9-6-3/h19-30H,4-18,31-33H2,1-3H3/q+1. The fourth-order valence-electron chi connectivity index (χ4n) is 5.11. The summed E-state index contributed by atoms with van der Waals surface area (Å²) in [5, 5.41) is 0. The van der Waals surface area contributed by atoms with Gasteiger partial charge in [-0.25, -0.2) is 0 Å². The van der Waals surface area contributed by atoms with E-state index in [9.17, 15) is 0 Å². The Balaban J connectivity index is 1.66. The first kappa shape index (κ1) is 34.9. The van der Waals surface area contributed by atoms with Crippen LogP contribution in [-0.4, -0.2) is 19.8 Å². The first-order valence-corrected chi connectivity index (χ1v) is 18.4. The van der Waals surface area contributed by atoms with Gasteiger partial charge in [-0.15, -0.1) is 0 Å². The molecular formula is C39H57O3S+. The second kappa shape index (κ2) is 22.0. The summed E-state index contributed by atoms with van der Waals surface area (Å²) in [6.45, 7) is 9.12. The van der Waals surface area contributed by atoms with Crippen LogP contribution in [0.1, 0.15) is 117 Å². The lowest BCUT2D eigenvalue weighted by atomic mass is 10.2. The highest BCUT2D eigenvalue weighted by molar-refractivity contribution is 7.97. The third kappa shape index (κ3) is 13.7. The molecular weight excluding hydrogens is 548 g/mol. The highest BCUT2D eigenvalue weighted by Crippen LogP contribution is 2.34. The zero-order valence-corrected chi connectivity index (χ0v) is 28.1. The number of hydrogen-bond donors (Lipinski definition) is 0. The Morgan fingerprint density at radius 3 is 0.860 bits per heavy atom. The zero-order valence-electron chi connectivity index (χ0n) is 27.3. The Hall–Kier alpha value is -2.59. The molecule has 3 rings (SSSR count). The molecule has 0 atom stereocenters. The van der Waals surface area contributed by atoms with Crippen molar-refractivity contribution < 1.29 is 14.2 Å². The maximum Gasteiger partial charge on any atom is 0.166 e. The van der Waals surface area contributed by atoms with Gasteiger partial charge in [0.15, 0.2) is 14.7 Å². The van der Waals surface area contributed by atoms with Gasteiger partial charge in [0.1, 0.15) is 17.2 Å². The van der Waals surface area contributed by atoms with Crippen LogP contribution in [0.3, 0.4) is 0 Å². The lowest BCUT2D eigenvalue weighted by Crippen LogP contribution is -2.06. The molecule has 0 fully saturated rings. The highest BCUT2D eigenvalue weighted by Gasteiger charge is 2.29. The first-order chi connectivity index (χ1) is 21.2. The normalized spacial score (nSPS) is 11.2. The molecule has 0 aliphatic heterocycles. The molecule has 0 aliphatic carbocycles. The molecule has 3 aromatic carbocycles. The van der Waals surface area contributed by atoms with Crippen molar-refractivity contribution in [2.45, 2.75) is 132 Å². The molecule has 4 heteroatoms. The van der Waals surface area contributed by atoms with Gasteiger partial charge < -0.3 is 14.2 Å². The van der Waals surface area contributed by atoms with Crippen LogP contribution in [0.5, 0.6) is 17.2 Å². The van der Waals surface area contributed by atoms with Gasteiger partial charge in [0.2, 0.25) is 0 Å². The van der Waals surface area contributed by atoms with Crippen molar-refractivity contribution in [1.29, 1.82) is 0 Å². The quantitative estimate of drug-likeness (QED) is 0.0751. The molecule has 3 aromatic rings. The number of hydrogen-bond acceptors (Lipinski definition) is 3. The summed E-state index contributed by atoms with van der Waals surface area (Å²) in [5.74, 6) is 2.86. The van der Waals surface area contributed by atoms with Crippen LogP contribution in [0.2, 0.25) is 0 Å². The van der Waals surface area contributed by atoms with E-state index in [-0.39, 0.29) is 10.9 Å². The van der Waals surface area contributed by atoms with E-state index in [0.29, 0.717) is 0 Å². The maximum absolute atomic E-state index is 6.07. The van der Waals surface area contributed by atoms with Gasteiger partial charge in [-0.2, -0.15) is 0 Å². The molecule has 0 saturated carbocycles. The first-order valence-electron chi connectivity index (χ1n) is 17.2. The van der Waals surface area contributed by atoms with E-state index in [4.69, 9.17) is 14.2 Å². The summed E-state index contributed by atoms with van der Waals surface area (Å²) in [6.07, 6.45) is 18.7. The highest BCUT2D eigenvalue weighted by atomic mass is 32.2. The molecule has 43 heavy (non-hydrogen) atoms. The summed E-state index contributed by atoms with van der Waals surface area (Å²) in [5.41, 5.74) is 0. The summed E-state index contributed by atoms with van der Waals surface area (Å²) < 4.78 is 18.2. The third-order valence-electron chi connectivity index (χ3n) is 7.73. The molecule has 0 N–H and O–H groups in total. The fourth-order valence-corrected chi connectivity index (χ4v) is 7.15. The van der Waals surface area contributed by atoms with Crippen molar-refractivity contribution in [1.82, 2.24) is 0 Å². The Morgan fingerprint density at radius 1 is 0.349 bits per heavy atom. The van der Waals surface area contributed by atoms with Crippen molar-refractivity contribution in [3.63, 3.8) is 0 Å². The van der Waals surface area contributed by atoms with E-state index in [1.54, 1.807) is 0 Å². The van der Waals surface area contributed by atoms with E-state index in [0.717, 1.165) is 56.3 Å². The van der Waals surface area contributed by atoms with Gasteiger partial charge in [0.05, 0.1) is 30.7 Å². The van der Waals surface area contributed by atoms with E-state index in [1.807, 2.05) is 0 Å². The van der Waals surface area contributed by atoms with Crippen molar-refractivity contribution in [3.05, 3.63) is 72.8 Å². The van der Waals surface area contributed by atoms with Gasteiger partial charge in [-0.05, 0) is 92.1 Å². The van der Waals surface area contributed by atoms with Crippen molar-refractivity contribution >= 4 is 10.9 Å². The van der Waals surface area contributed by atoms with Gasteiger partial charge in [-0.3, -0.25) is 0 Å². The number of unbranched alkanes of at least 4 members (excludes halogenated alkanes) is 12. The third-order valence-corrected chi connectivity index (χ3v) is 9.96. The minimum Gasteiger partial charge on any atom is -0.494 e. The molecule has 0 saturated heterocycles. The van der Waals surface area contributed by atoms with Gasteiger partial charge in [-0.1, -0.05) is 97.8 Å². The Labute approximate surface area is 266 Å². The summed E-state index contributed by atoms with van der Waals surface area (Å²) in [4.78, 5) is 3.85. The minimum absolute atomic E-state index is 0.240. The average molecular weight is 606 g/mol. The molecule has 0 aromatic heterocycles. The molecule has 0 amide bonds. The van der Waals surface area contributed by atoms with Crippen LogP contribution in [0.15, 0.2) is 87.5 Å². The smallest absolute Gasteiger partial charge is 0.166 e. The SMILES string of the molecule is CCCCCCCOc1ccc([S+](c2ccc(OCCCCCCC)cc2)c2ccc(OCCCCCCC)cc2)cc1. The van der Waals surface area contributed by atoms with Crippen LogP contribution in [-0.2, 0) is 10.9 Å². The average Bonchev–Trinajstić information content (AvgIpc) is 3.04. The van der Waals surface area contributed by atoms with Crippen LogP contribution >= 0.6 is 0 Å². The van der Waals surface area contributed by atoms with E-state index in [2.05, 4.69) is 93.6 Å². The van der Waals surface area contributed by atoms with Gasteiger partial charge in [0, 0.05) is 0 Å². The van der Waals surface area contributed by atoms with Crippen LogP contribution < -0.4 is 14.2 Å². The number of benzene rings is 3. The van der Waals surface area contributed by atoms with Crippen LogP contribution in [0.4, 0.5) is 0 Å². The predicted molar refractivity (Wildman–Crippen MR) is 184 cm³/mol. The molecule has 0 unspecified atom stereocenters. The molecule has 0 radical (unpaired) electrons. The molecule has 0 bridgehead atoms. The molecule has 0 heterocycles. The molecule has 236 valence electrons. The van der Waals surface area contributed by atoms with E-state index >= 15 is 0 Å². The van der Waals surface area contributed by atoms with Crippen molar-refractivity contribution in [3.8, 4) is 17.2 Å². The fraction of sp³-hybridized carbons (Fsp3) is 0.538. The Bertz CT molecular complexity index is 938. The minimum atomic E-state index is -0.240. The van der Waals surface area contributed by atoms with Crippen molar-refractivity contribution in [2.75, 3.05) is 19.8 Å². The molecule has 0 aliphatic rings. The topological polar surface area (TPSA) is 27.7 Å². The van der Waals surface area contributed by atoms with Crippen molar-refractivity contribution in [2.24, 2.45) is 0 Å². The summed E-state index contributed by atoms with van der Waals surface area (Å²) in [6, 6.07) is 26.2. The van der Waals surface area contributed by atoms with Gasteiger partial charge >= 0.3 is 0 Å². The van der Waals surface area contributed by atoms with Crippen LogP contribution in [0, 0.1) is 0 Å². The summed E-state index contributed by atoms with van der Waals surface area (Å²) in [7, 11) is -0.240. The second-order valence-electron chi connectivity index (χ2n) is 11.5. The number of ether oxygens (including phenoxy) is 3. The van der Waals surface area contributed by atoms with E-state index in [1.165, 1.54) is 91.7 Å². The predicted octanol–water partition coefficient (Wildman–Crippen LogP) is 11.8. The molecule has 0 spiro atoms. The van der Waals surface area contributed by atoms with E-state index < -0.39 is 0 Å². The summed E-state index contributed by atoms with van der Waals surface area (Å²) >= 11 is 0. The monoisotopic (exact) mass is 605 g/mol. The molecule has 3 nitrogen and oxygen atoms in total. The zero-order chi connectivity index (χ0) is 30.4. The largest absolute Gasteiger partial charge is 0.494 e. The Morgan fingerprint density at radius 2 is 0.605 bits per heavy atom. The lowest BCUT2D eigenvalue weighted by Gasteiger charge is -2.12. The number of rotatable bonds is 24. The van der Waals surface area contributed by atoms with Gasteiger partial charge in [0.25, 0.3) is 0 Å². The van der Waals surface area contributed by atoms with Crippen LogP contribution in [0.25, 0.3) is 0 Å².